The van der Waals surface area contributed by atoms with Crippen molar-refractivity contribution in [1.29, 1.82) is 0 Å². The fourth-order valence-electron chi connectivity index (χ4n) is 3.33. The average Bonchev–Trinajstić information content (AvgIpc) is 2.55. The Morgan fingerprint density at radius 3 is 1.42 bits per heavy atom. The van der Waals surface area contributed by atoms with Crippen LogP contribution in [-0.2, 0) is 10.1 Å². The molecule has 2 unspecified atom stereocenters. The second-order valence-electron chi connectivity index (χ2n) is 7.42. The number of aliphatic hydroxyl groups excluding tert-OH is 1. The molecule has 0 saturated carbocycles. The molecule has 2 atom stereocenters. The van der Waals surface area contributed by atoms with Gasteiger partial charge in [-0.15, -0.1) is 0 Å². The van der Waals surface area contributed by atoms with E-state index >= 15 is 0 Å². The first-order valence-electron chi connectivity index (χ1n) is 10.6. The molecule has 0 fully saturated rings. The van der Waals surface area contributed by atoms with Crippen molar-refractivity contribution in [2.45, 2.75) is 128 Å². The standard InChI is InChI=1S/C20H42O4S.K/c1-3-5-7-9-11-13-15-17-19(21)20(25(22,23)24)18-16-14-12-10-8-6-4-2;/h19-21H,3-18H2,1-2H3,(H,22,23,24);/q;+1/p-1. The van der Waals surface area contributed by atoms with Crippen molar-refractivity contribution in [1.82, 2.24) is 0 Å². The maximum Gasteiger partial charge on any atom is 1.00 e. The third-order valence-electron chi connectivity index (χ3n) is 5.00. The molecule has 0 aromatic rings. The maximum atomic E-state index is 11.5. The summed E-state index contributed by atoms with van der Waals surface area (Å²) < 4.78 is 34.4. The quantitative estimate of drug-likeness (QED) is 0.212. The molecule has 26 heavy (non-hydrogen) atoms. The summed E-state index contributed by atoms with van der Waals surface area (Å²) in [6, 6.07) is 0. The predicted octanol–water partition coefficient (Wildman–Crippen LogP) is 2.55. The van der Waals surface area contributed by atoms with Crippen LogP contribution in [0.2, 0.25) is 0 Å². The van der Waals surface area contributed by atoms with Crippen LogP contribution in [0.3, 0.4) is 0 Å². The zero-order chi connectivity index (χ0) is 19.0. The van der Waals surface area contributed by atoms with E-state index in [1.54, 1.807) is 0 Å². The molecular weight excluding hydrogens is 375 g/mol. The summed E-state index contributed by atoms with van der Waals surface area (Å²) in [7, 11) is -4.42. The van der Waals surface area contributed by atoms with E-state index in [1.807, 2.05) is 0 Å². The first kappa shape index (κ1) is 29.7. The van der Waals surface area contributed by atoms with Gasteiger partial charge in [0.2, 0.25) is 0 Å². The number of rotatable bonds is 18. The summed E-state index contributed by atoms with van der Waals surface area (Å²) in [5.74, 6) is 0. The molecule has 0 saturated heterocycles. The average molecular weight is 417 g/mol. The van der Waals surface area contributed by atoms with Crippen molar-refractivity contribution in [2.24, 2.45) is 0 Å². The Morgan fingerprint density at radius 2 is 1.04 bits per heavy atom. The fourth-order valence-corrected chi connectivity index (χ4v) is 4.30. The zero-order valence-corrected chi connectivity index (χ0v) is 21.5. The van der Waals surface area contributed by atoms with Crippen molar-refractivity contribution in [3.63, 3.8) is 0 Å². The van der Waals surface area contributed by atoms with Gasteiger partial charge < -0.3 is 9.66 Å². The third-order valence-corrected chi connectivity index (χ3v) is 6.29. The summed E-state index contributed by atoms with van der Waals surface area (Å²) in [5, 5.41) is 9.06. The molecule has 0 aliphatic heterocycles. The van der Waals surface area contributed by atoms with E-state index in [0.717, 1.165) is 32.1 Å². The minimum atomic E-state index is -4.42. The summed E-state index contributed by atoms with van der Waals surface area (Å²) in [6.45, 7) is 4.36. The van der Waals surface area contributed by atoms with Gasteiger partial charge in [-0.3, -0.25) is 0 Å². The van der Waals surface area contributed by atoms with Crippen molar-refractivity contribution in [3.05, 3.63) is 0 Å². The molecule has 0 amide bonds. The minimum absolute atomic E-state index is 0. The van der Waals surface area contributed by atoms with Gasteiger partial charge in [-0.1, -0.05) is 104 Å². The molecule has 0 bridgehead atoms. The van der Waals surface area contributed by atoms with Gasteiger partial charge in [0.25, 0.3) is 0 Å². The minimum Gasteiger partial charge on any atom is -0.748 e. The van der Waals surface area contributed by atoms with E-state index in [4.69, 9.17) is 0 Å². The van der Waals surface area contributed by atoms with E-state index in [-0.39, 0.29) is 51.4 Å². The largest absolute Gasteiger partial charge is 1.00 e. The van der Waals surface area contributed by atoms with Crippen molar-refractivity contribution in [3.8, 4) is 0 Å². The predicted molar refractivity (Wildman–Crippen MR) is 105 cm³/mol. The van der Waals surface area contributed by atoms with E-state index in [1.165, 1.54) is 51.4 Å². The smallest absolute Gasteiger partial charge is 0.748 e. The number of aliphatic hydroxyl groups is 1. The van der Waals surface area contributed by atoms with Gasteiger partial charge in [0.15, 0.2) is 0 Å². The Labute approximate surface area is 205 Å². The monoisotopic (exact) mass is 416 g/mol. The molecule has 0 heterocycles. The van der Waals surface area contributed by atoms with Gasteiger partial charge in [0, 0.05) is 0 Å². The van der Waals surface area contributed by atoms with E-state index < -0.39 is 21.5 Å². The van der Waals surface area contributed by atoms with Gasteiger partial charge in [0.05, 0.1) is 11.4 Å². The summed E-state index contributed by atoms with van der Waals surface area (Å²) >= 11 is 0. The Balaban J connectivity index is 0. The van der Waals surface area contributed by atoms with E-state index in [2.05, 4.69) is 13.8 Å². The van der Waals surface area contributed by atoms with Crippen LogP contribution in [0.5, 0.6) is 0 Å². The Kier molecular flexibility index (Phi) is 22.6. The van der Waals surface area contributed by atoms with Crippen LogP contribution in [0, 0.1) is 0 Å². The fraction of sp³-hybridized carbons (Fsp3) is 1.00. The first-order chi connectivity index (χ1) is 11.9. The summed E-state index contributed by atoms with van der Waals surface area (Å²) in [6.07, 6.45) is 15.2. The van der Waals surface area contributed by atoms with E-state index in [0.29, 0.717) is 19.3 Å². The van der Waals surface area contributed by atoms with Crippen LogP contribution in [0.4, 0.5) is 0 Å². The van der Waals surface area contributed by atoms with Crippen molar-refractivity contribution < 1.29 is 69.5 Å². The second-order valence-corrected chi connectivity index (χ2v) is 9.01. The first-order valence-corrected chi connectivity index (χ1v) is 12.0. The second kappa shape index (κ2) is 19.8. The topological polar surface area (TPSA) is 77.4 Å². The van der Waals surface area contributed by atoms with Crippen LogP contribution in [0.1, 0.15) is 117 Å². The Bertz CT molecular complexity index is 387. The van der Waals surface area contributed by atoms with Crippen LogP contribution in [0.15, 0.2) is 0 Å². The number of unbranched alkanes of at least 4 members (excludes halogenated alkanes) is 12. The zero-order valence-electron chi connectivity index (χ0n) is 17.5. The molecule has 0 aliphatic carbocycles. The van der Waals surface area contributed by atoms with Crippen LogP contribution in [-0.4, -0.2) is 29.4 Å². The van der Waals surface area contributed by atoms with Gasteiger partial charge in [0.1, 0.15) is 10.1 Å². The Morgan fingerprint density at radius 1 is 0.692 bits per heavy atom. The molecule has 152 valence electrons. The summed E-state index contributed by atoms with van der Waals surface area (Å²) in [5.41, 5.74) is 0. The van der Waals surface area contributed by atoms with Gasteiger partial charge in [-0.25, -0.2) is 8.42 Å². The van der Waals surface area contributed by atoms with Gasteiger partial charge in [-0.05, 0) is 12.8 Å². The number of hydrogen-bond acceptors (Lipinski definition) is 4. The van der Waals surface area contributed by atoms with Crippen molar-refractivity contribution in [2.75, 3.05) is 0 Å². The van der Waals surface area contributed by atoms with Crippen LogP contribution < -0.4 is 51.4 Å². The maximum absolute atomic E-state index is 11.5. The molecule has 0 rings (SSSR count). The Hall–Kier alpha value is 1.51. The molecule has 6 heteroatoms. The number of hydrogen-bond donors (Lipinski definition) is 1. The van der Waals surface area contributed by atoms with Gasteiger partial charge >= 0.3 is 51.4 Å². The summed E-state index contributed by atoms with van der Waals surface area (Å²) in [4.78, 5) is 0. The molecule has 0 aromatic carbocycles. The molecule has 0 aromatic heterocycles. The molecular formula is C20H41KO4S. The normalized spacial score (nSPS) is 14.0. The molecule has 0 aliphatic rings. The third kappa shape index (κ3) is 17.6. The van der Waals surface area contributed by atoms with Crippen LogP contribution >= 0.6 is 0 Å². The van der Waals surface area contributed by atoms with Crippen LogP contribution in [0.25, 0.3) is 0 Å². The van der Waals surface area contributed by atoms with Crippen molar-refractivity contribution >= 4 is 10.1 Å². The van der Waals surface area contributed by atoms with Gasteiger partial charge in [-0.2, -0.15) is 0 Å². The molecule has 0 radical (unpaired) electrons. The molecule has 0 spiro atoms. The van der Waals surface area contributed by atoms with E-state index in [9.17, 15) is 18.1 Å². The SMILES string of the molecule is CCCCCCCCCC(O)C(CCCCCCCCC)S(=O)(=O)[O-].[K+]. The molecule has 1 N–H and O–H groups in total. The molecule has 4 nitrogen and oxygen atoms in total.